The lowest BCUT2D eigenvalue weighted by molar-refractivity contribution is -0.107. The summed E-state index contributed by atoms with van der Waals surface area (Å²) < 4.78 is 0. The van der Waals surface area contributed by atoms with Crippen molar-refractivity contribution in [2.45, 2.75) is 13.0 Å². The first-order chi connectivity index (χ1) is 6.42. The Morgan fingerprint density at radius 2 is 2.38 bits per heavy atom. The van der Waals surface area contributed by atoms with E-state index in [4.69, 9.17) is 0 Å². The summed E-state index contributed by atoms with van der Waals surface area (Å²) in [7, 11) is 0. The lowest BCUT2D eigenvalue weighted by atomic mass is 9.97. The second kappa shape index (κ2) is 3.44. The van der Waals surface area contributed by atoms with Gasteiger partial charge in [0.2, 0.25) is 0 Å². The third kappa shape index (κ3) is 1.47. The Bertz CT molecular complexity index is 355. The molecular formula is C11H11NO. The Morgan fingerprint density at radius 1 is 1.46 bits per heavy atom. The molecule has 2 rings (SSSR count). The van der Waals surface area contributed by atoms with Gasteiger partial charge in [0.05, 0.1) is 0 Å². The van der Waals surface area contributed by atoms with E-state index in [9.17, 15) is 4.79 Å². The van der Waals surface area contributed by atoms with Crippen LogP contribution in [0.5, 0.6) is 0 Å². The van der Waals surface area contributed by atoms with Gasteiger partial charge in [0.15, 0.2) is 0 Å². The Hall–Kier alpha value is -1.57. The summed E-state index contributed by atoms with van der Waals surface area (Å²) in [5.41, 5.74) is 3.58. The van der Waals surface area contributed by atoms with Crippen LogP contribution < -0.4 is 5.32 Å². The average Bonchev–Trinajstić information content (AvgIpc) is 2.19. The van der Waals surface area contributed by atoms with Gasteiger partial charge < -0.3 is 10.1 Å². The van der Waals surface area contributed by atoms with Gasteiger partial charge in [-0.25, -0.2) is 0 Å². The molecular weight excluding hydrogens is 162 g/mol. The highest BCUT2D eigenvalue weighted by atomic mass is 16.1. The van der Waals surface area contributed by atoms with E-state index in [0.717, 1.165) is 18.4 Å². The predicted molar refractivity (Wildman–Crippen MR) is 52.1 cm³/mol. The fraction of sp³-hybridized carbons (Fsp3) is 0.182. The molecule has 13 heavy (non-hydrogen) atoms. The van der Waals surface area contributed by atoms with Crippen LogP contribution in [0.1, 0.15) is 16.7 Å². The predicted octanol–water partition coefficient (Wildman–Crippen LogP) is 1.50. The zero-order valence-electron chi connectivity index (χ0n) is 7.29. The van der Waals surface area contributed by atoms with Gasteiger partial charge in [0.25, 0.3) is 0 Å². The highest BCUT2D eigenvalue weighted by Gasteiger charge is 2.07. The van der Waals surface area contributed by atoms with Crippen LogP contribution in [-0.4, -0.2) is 6.29 Å². The molecule has 66 valence electrons. The van der Waals surface area contributed by atoms with Crippen LogP contribution in [0.2, 0.25) is 0 Å². The molecule has 1 aliphatic rings. The molecule has 0 saturated heterocycles. The molecule has 0 amide bonds. The molecule has 0 saturated carbocycles. The minimum Gasteiger partial charge on any atom is -0.387 e. The average molecular weight is 173 g/mol. The monoisotopic (exact) mass is 173 g/mol. The highest BCUT2D eigenvalue weighted by Crippen LogP contribution is 2.19. The number of aldehydes is 1. The van der Waals surface area contributed by atoms with Crippen molar-refractivity contribution in [3.8, 4) is 0 Å². The van der Waals surface area contributed by atoms with Crippen molar-refractivity contribution in [1.29, 1.82) is 0 Å². The van der Waals surface area contributed by atoms with Crippen molar-refractivity contribution < 1.29 is 4.79 Å². The van der Waals surface area contributed by atoms with Crippen molar-refractivity contribution in [2.24, 2.45) is 0 Å². The van der Waals surface area contributed by atoms with Gasteiger partial charge in [0, 0.05) is 13.0 Å². The third-order valence-corrected chi connectivity index (χ3v) is 2.25. The van der Waals surface area contributed by atoms with E-state index >= 15 is 0 Å². The number of hydrogen-bond acceptors (Lipinski definition) is 2. The lowest BCUT2D eigenvalue weighted by Crippen LogP contribution is -2.11. The summed E-state index contributed by atoms with van der Waals surface area (Å²) in [4.78, 5) is 10.4. The van der Waals surface area contributed by atoms with Gasteiger partial charge in [-0.1, -0.05) is 18.2 Å². The van der Waals surface area contributed by atoms with Crippen LogP contribution in [0.25, 0.3) is 6.08 Å². The van der Waals surface area contributed by atoms with Crippen LogP contribution in [0, 0.1) is 0 Å². The van der Waals surface area contributed by atoms with E-state index in [0.29, 0.717) is 6.42 Å². The van der Waals surface area contributed by atoms with Crippen molar-refractivity contribution in [1.82, 2.24) is 5.32 Å². The fourth-order valence-electron chi connectivity index (χ4n) is 1.61. The summed E-state index contributed by atoms with van der Waals surface area (Å²) in [5.74, 6) is 0. The summed E-state index contributed by atoms with van der Waals surface area (Å²) in [6.07, 6.45) is 5.41. The maximum atomic E-state index is 10.4. The minimum atomic E-state index is 0.507. The van der Waals surface area contributed by atoms with Crippen LogP contribution >= 0.6 is 0 Å². The third-order valence-electron chi connectivity index (χ3n) is 2.25. The standard InChI is InChI=1S/C11H11NO/c13-7-5-9-2-1-3-10-8-12-6-4-11(9)10/h1-4,6-7,12H,5,8H2. The van der Waals surface area contributed by atoms with Gasteiger partial charge in [-0.2, -0.15) is 0 Å². The van der Waals surface area contributed by atoms with Crippen LogP contribution in [0.15, 0.2) is 24.4 Å². The second-order valence-electron chi connectivity index (χ2n) is 3.07. The minimum absolute atomic E-state index is 0.507. The zero-order valence-corrected chi connectivity index (χ0v) is 7.29. The SMILES string of the molecule is O=CCc1cccc2c1C=CNC2. The molecule has 0 fully saturated rings. The first-order valence-corrected chi connectivity index (χ1v) is 4.36. The van der Waals surface area contributed by atoms with Crippen molar-refractivity contribution >= 4 is 12.4 Å². The number of rotatable bonds is 2. The molecule has 1 aromatic rings. The molecule has 0 radical (unpaired) electrons. The van der Waals surface area contributed by atoms with Crippen molar-refractivity contribution in [3.05, 3.63) is 41.1 Å². The van der Waals surface area contributed by atoms with Crippen molar-refractivity contribution in [3.63, 3.8) is 0 Å². The number of hydrogen-bond donors (Lipinski definition) is 1. The smallest absolute Gasteiger partial charge is 0.124 e. The maximum Gasteiger partial charge on any atom is 0.124 e. The summed E-state index contributed by atoms with van der Waals surface area (Å²) in [6.45, 7) is 0.860. The first-order valence-electron chi connectivity index (χ1n) is 4.36. The highest BCUT2D eigenvalue weighted by molar-refractivity contribution is 5.65. The zero-order chi connectivity index (χ0) is 9.10. The lowest BCUT2D eigenvalue weighted by Gasteiger charge is -2.14. The number of nitrogens with one attached hydrogen (secondary N) is 1. The molecule has 0 spiro atoms. The Balaban J connectivity index is 2.47. The molecule has 0 atom stereocenters. The number of benzene rings is 1. The summed E-state index contributed by atoms with van der Waals surface area (Å²) in [5, 5.41) is 3.14. The molecule has 1 aromatic carbocycles. The second-order valence-corrected chi connectivity index (χ2v) is 3.07. The van der Waals surface area contributed by atoms with E-state index < -0.39 is 0 Å². The Labute approximate surface area is 77.3 Å². The van der Waals surface area contributed by atoms with E-state index in [2.05, 4.69) is 11.4 Å². The van der Waals surface area contributed by atoms with Gasteiger partial charge in [-0.05, 0) is 29.0 Å². The molecule has 1 N–H and O–H groups in total. The Morgan fingerprint density at radius 3 is 3.23 bits per heavy atom. The van der Waals surface area contributed by atoms with Gasteiger partial charge >= 0.3 is 0 Å². The van der Waals surface area contributed by atoms with E-state index in [1.54, 1.807) is 0 Å². The normalized spacial score (nSPS) is 13.2. The van der Waals surface area contributed by atoms with Gasteiger partial charge in [-0.3, -0.25) is 0 Å². The van der Waals surface area contributed by atoms with Crippen LogP contribution in [0.3, 0.4) is 0 Å². The maximum absolute atomic E-state index is 10.4. The van der Waals surface area contributed by atoms with Crippen LogP contribution in [0.4, 0.5) is 0 Å². The molecule has 0 unspecified atom stereocenters. The molecule has 1 aliphatic heterocycles. The quantitative estimate of drug-likeness (QED) is 0.687. The van der Waals surface area contributed by atoms with Gasteiger partial charge in [0.1, 0.15) is 6.29 Å². The molecule has 0 aromatic heterocycles. The molecule has 1 heterocycles. The van der Waals surface area contributed by atoms with E-state index in [1.807, 2.05) is 24.4 Å². The molecule has 2 heteroatoms. The van der Waals surface area contributed by atoms with E-state index in [1.165, 1.54) is 11.1 Å². The Kier molecular flexibility index (Phi) is 2.13. The number of carbonyl (C=O) groups excluding carboxylic acids is 1. The molecule has 0 bridgehead atoms. The first kappa shape index (κ1) is 8.05. The van der Waals surface area contributed by atoms with Crippen LogP contribution in [-0.2, 0) is 17.8 Å². The number of carbonyl (C=O) groups is 1. The van der Waals surface area contributed by atoms with E-state index in [-0.39, 0.29) is 0 Å². The summed E-state index contributed by atoms with van der Waals surface area (Å²) in [6, 6.07) is 6.08. The van der Waals surface area contributed by atoms with Crippen molar-refractivity contribution in [2.75, 3.05) is 0 Å². The summed E-state index contributed by atoms with van der Waals surface area (Å²) >= 11 is 0. The number of fused-ring (bicyclic) bond motifs is 1. The van der Waals surface area contributed by atoms with Gasteiger partial charge in [-0.15, -0.1) is 0 Å². The molecule has 2 nitrogen and oxygen atoms in total. The largest absolute Gasteiger partial charge is 0.387 e. The fourth-order valence-corrected chi connectivity index (χ4v) is 1.61. The topological polar surface area (TPSA) is 29.1 Å². The molecule has 0 aliphatic carbocycles.